The molecule has 0 fully saturated rings. The molecule has 0 aliphatic rings. The lowest BCUT2D eigenvalue weighted by Gasteiger charge is -2.20. The van der Waals surface area contributed by atoms with E-state index in [-0.39, 0.29) is 18.5 Å². The Bertz CT molecular complexity index is 1310. The minimum atomic E-state index is -0.845. The van der Waals surface area contributed by atoms with Crippen molar-refractivity contribution in [2.24, 2.45) is 0 Å². The molecule has 0 saturated heterocycles. The van der Waals surface area contributed by atoms with Crippen LogP contribution in [0.25, 0.3) is 0 Å². The van der Waals surface area contributed by atoms with Gasteiger partial charge in [-0.3, -0.25) is 9.59 Å². The molecular weight excluding hydrogens is 995 g/mol. The molecular formula is C75H143NO5. The third kappa shape index (κ3) is 67.1. The molecule has 6 nitrogen and oxygen atoms in total. The number of aliphatic hydroxyl groups excluding tert-OH is 2. The van der Waals surface area contributed by atoms with Gasteiger partial charge in [0.2, 0.25) is 5.91 Å². The average molecular weight is 1140 g/mol. The first-order chi connectivity index (χ1) is 40.0. The molecule has 0 aliphatic carbocycles. The first-order valence-electron chi connectivity index (χ1n) is 36.8. The van der Waals surface area contributed by atoms with Crippen LogP contribution in [-0.2, 0) is 14.3 Å². The summed E-state index contributed by atoms with van der Waals surface area (Å²) in [5, 5.41) is 23.3. The highest BCUT2D eigenvalue weighted by atomic mass is 16.5. The summed E-state index contributed by atoms with van der Waals surface area (Å²) in [5.74, 6) is -0.0587. The predicted octanol–water partition coefficient (Wildman–Crippen LogP) is 23.9. The number of hydrogen-bond acceptors (Lipinski definition) is 5. The molecule has 2 unspecified atom stereocenters. The lowest BCUT2D eigenvalue weighted by Crippen LogP contribution is -2.45. The lowest BCUT2D eigenvalue weighted by atomic mass is 10.0. The Balaban J connectivity index is 3.39. The van der Waals surface area contributed by atoms with Gasteiger partial charge in [0.25, 0.3) is 0 Å². The second-order valence-electron chi connectivity index (χ2n) is 25.3. The van der Waals surface area contributed by atoms with Crippen molar-refractivity contribution < 1.29 is 24.5 Å². The molecule has 0 heterocycles. The van der Waals surface area contributed by atoms with Crippen LogP contribution in [0.2, 0.25) is 0 Å². The molecule has 0 aromatic rings. The Hall–Kier alpha value is -1.92. The fourth-order valence-electron chi connectivity index (χ4n) is 11.5. The summed E-state index contributed by atoms with van der Waals surface area (Å²) in [6.07, 6.45) is 90.9. The summed E-state index contributed by atoms with van der Waals surface area (Å²) in [5.41, 5.74) is 0. The van der Waals surface area contributed by atoms with Crippen molar-refractivity contribution in [2.45, 2.75) is 418 Å². The van der Waals surface area contributed by atoms with Crippen molar-refractivity contribution in [3.8, 4) is 0 Å². The number of esters is 1. The van der Waals surface area contributed by atoms with Gasteiger partial charge in [-0.2, -0.15) is 0 Å². The van der Waals surface area contributed by atoms with Gasteiger partial charge in [0.05, 0.1) is 25.4 Å². The van der Waals surface area contributed by atoms with Gasteiger partial charge in [-0.1, -0.05) is 371 Å². The standard InChI is InChI=1S/C75H143NO5/c1-3-5-7-9-11-13-15-17-19-20-21-22-23-28-31-34-37-40-43-47-51-55-59-63-67-73(78)72(71-77)76-74(79)68-64-60-56-52-48-44-41-38-35-32-29-26-24-25-27-30-33-36-39-42-46-50-54-58-62-66-70-81-75(80)69-65-61-57-53-49-45-18-16-14-12-10-8-6-4-2/h10,12,16,18,63,67,72-73,77-78H,3-9,11,13-15,17,19-62,64-66,68-71H2,1-2H3,(H,76,79)/b12-10-,18-16-,67-63+. The van der Waals surface area contributed by atoms with Crippen LogP contribution in [-0.4, -0.2) is 47.4 Å². The van der Waals surface area contributed by atoms with Crippen LogP contribution >= 0.6 is 0 Å². The molecule has 0 aliphatic heterocycles. The van der Waals surface area contributed by atoms with E-state index in [9.17, 15) is 19.8 Å². The smallest absolute Gasteiger partial charge is 0.305 e. The minimum absolute atomic E-state index is 0.00278. The number of amides is 1. The number of rotatable bonds is 69. The number of hydrogen-bond donors (Lipinski definition) is 3. The molecule has 2 atom stereocenters. The summed E-state index contributed by atoms with van der Waals surface area (Å²) < 4.78 is 5.48. The lowest BCUT2D eigenvalue weighted by molar-refractivity contribution is -0.143. The number of aliphatic hydroxyl groups is 2. The number of carbonyl (C=O) groups is 2. The topological polar surface area (TPSA) is 95.9 Å². The Morgan fingerprint density at radius 1 is 0.346 bits per heavy atom. The largest absolute Gasteiger partial charge is 0.466 e. The maximum atomic E-state index is 12.5. The van der Waals surface area contributed by atoms with Gasteiger partial charge in [-0.05, 0) is 57.8 Å². The van der Waals surface area contributed by atoms with Crippen LogP contribution in [0.4, 0.5) is 0 Å². The number of carbonyl (C=O) groups excluding carboxylic acids is 2. The van der Waals surface area contributed by atoms with E-state index in [0.29, 0.717) is 19.4 Å². The van der Waals surface area contributed by atoms with Crippen LogP contribution in [0.3, 0.4) is 0 Å². The molecule has 0 aromatic carbocycles. The summed E-state index contributed by atoms with van der Waals surface area (Å²) in [7, 11) is 0. The monoisotopic (exact) mass is 1140 g/mol. The van der Waals surface area contributed by atoms with Crippen LogP contribution in [0.5, 0.6) is 0 Å². The van der Waals surface area contributed by atoms with Crippen LogP contribution in [0, 0.1) is 0 Å². The number of unbranched alkanes of at least 4 members (excludes halogenated alkanes) is 54. The van der Waals surface area contributed by atoms with Crippen LogP contribution in [0.1, 0.15) is 406 Å². The van der Waals surface area contributed by atoms with E-state index in [0.717, 1.165) is 51.4 Å². The molecule has 0 rings (SSSR count). The SMILES string of the molecule is CCCC/C=C\C/C=C\CCCCCCCC(=O)OCCCCCCCCCCCCCCCCCCCCCCCCCCCCC(=O)NC(CO)C(O)/C=C/CCCCCCCCCCCCCCCCCCCCCCCC. The zero-order chi connectivity index (χ0) is 58.5. The average Bonchev–Trinajstić information content (AvgIpc) is 3.47. The molecule has 0 spiro atoms. The zero-order valence-electron chi connectivity index (χ0n) is 54.8. The third-order valence-electron chi connectivity index (χ3n) is 17.2. The van der Waals surface area contributed by atoms with Crippen molar-refractivity contribution in [2.75, 3.05) is 13.2 Å². The molecule has 6 heteroatoms. The molecule has 0 aromatic heterocycles. The van der Waals surface area contributed by atoms with Crippen LogP contribution in [0.15, 0.2) is 36.5 Å². The highest BCUT2D eigenvalue weighted by Crippen LogP contribution is 2.19. The van der Waals surface area contributed by atoms with E-state index < -0.39 is 12.1 Å². The van der Waals surface area contributed by atoms with Crippen molar-refractivity contribution in [3.63, 3.8) is 0 Å². The van der Waals surface area contributed by atoms with Crippen LogP contribution < -0.4 is 5.32 Å². The normalized spacial score (nSPS) is 12.7. The van der Waals surface area contributed by atoms with Gasteiger partial charge in [0, 0.05) is 12.8 Å². The Morgan fingerprint density at radius 3 is 0.975 bits per heavy atom. The summed E-state index contributed by atoms with van der Waals surface area (Å²) in [4.78, 5) is 24.6. The third-order valence-corrected chi connectivity index (χ3v) is 17.2. The van der Waals surface area contributed by atoms with Gasteiger partial charge in [0.15, 0.2) is 0 Å². The maximum Gasteiger partial charge on any atom is 0.305 e. The number of allylic oxidation sites excluding steroid dienone is 5. The fourth-order valence-corrected chi connectivity index (χ4v) is 11.5. The van der Waals surface area contributed by atoms with Crippen molar-refractivity contribution in [3.05, 3.63) is 36.5 Å². The van der Waals surface area contributed by atoms with E-state index in [2.05, 4.69) is 43.5 Å². The first kappa shape index (κ1) is 79.1. The Morgan fingerprint density at radius 2 is 0.630 bits per heavy atom. The van der Waals surface area contributed by atoms with Crippen molar-refractivity contribution in [1.29, 1.82) is 0 Å². The van der Waals surface area contributed by atoms with Crippen molar-refractivity contribution >= 4 is 11.9 Å². The molecule has 1 amide bonds. The first-order valence-corrected chi connectivity index (χ1v) is 36.8. The van der Waals surface area contributed by atoms with Gasteiger partial charge in [-0.25, -0.2) is 0 Å². The van der Waals surface area contributed by atoms with Gasteiger partial charge < -0.3 is 20.3 Å². The van der Waals surface area contributed by atoms with Gasteiger partial charge in [0.1, 0.15) is 0 Å². The molecule has 0 bridgehead atoms. The molecule has 478 valence electrons. The minimum Gasteiger partial charge on any atom is -0.466 e. The zero-order valence-corrected chi connectivity index (χ0v) is 54.8. The highest BCUT2D eigenvalue weighted by molar-refractivity contribution is 5.76. The molecule has 81 heavy (non-hydrogen) atoms. The summed E-state index contributed by atoms with van der Waals surface area (Å²) >= 11 is 0. The van der Waals surface area contributed by atoms with E-state index in [1.165, 1.54) is 327 Å². The quantitative estimate of drug-likeness (QED) is 0.0320. The van der Waals surface area contributed by atoms with E-state index in [1.807, 2.05) is 6.08 Å². The maximum absolute atomic E-state index is 12.5. The predicted molar refractivity (Wildman–Crippen MR) is 356 cm³/mol. The second-order valence-corrected chi connectivity index (χ2v) is 25.3. The van der Waals surface area contributed by atoms with E-state index >= 15 is 0 Å². The highest BCUT2D eigenvalue weighted by Gasteiger charge is 2.18. The van der Waals surface area contributed by atoms with Gasteiger partial charge >= 0.3 is 5.97 Å². The molecule has 0 radical (unpaired) electrons. The Labute approximate surface area is 506 Å². The number of nitrogens with one attached hydrogen (secondary N) is 1. The fraction of sp³-hybridized carbons (Fsp3) is 0.893. The van der Waals surface area contributed by atoms with Crippen molar-refractivity contribution in [1.82, 2.24) is 5.32 Å². The number of ether oxygens (including phenoxy) is 1. The van der Waals surface area contributed by atoms with Gasteiger partial charge in [-0.15, -0.1) is 0 Å². The Kier molecular flexibility index (Phi) is 68.9. The second kappa shape index (κ2) is 70.6. The molecule has 0 saturated carbocycles. The summed E-state index contributed by atoms with van der Waals surface area (Å²) in [6.45, 7) is 4.90. The summed E-state index contributed by atoms with van der Waals surface area (Å²) in [6, 6.07) is -0.628. The van der Waals surface area contributed by atoms with E-state index in [4.69, 9.17) is 4.74 Å². The molecule has 3 N–H and O–H groups in total. The van der Waals surface area contributed by atoms with E-state index in [1.54, 1.807) is 6.08 Å².